The van der Waals surface area contributed by atoms with Crippen molar-refractivity contribution >= 4 is 16.8 Å². The molecular formula is C26H23N5O. The Hall–Kier alpha value is -4.06. The molecule has 0 radical (unpaired) electrons. The summed E-state index contributed by atoms with van der Waals surface area (Å²) in [5.74, 6) is 1.51. The van der Waals surface area contributed by atoms with E-state index in [0.29, 0.717) is 0 Å². The van der Waals surface area contributed by atoms with Crippen molar-refractivity contribution in [2.45, 2.75) is 26.8 Å². The molecule has 0 amide bonds. The highest BCUT2D eigenvalue weighted by Gasteiger charge is 2.12. The minimum Gasteiger partial charge on any atom is -0.464 e. The standard InChI is InChI=1S/C26H23N5O/c1-16-14-32-25-8-7-21(10-23(16)25)24-11-26(31-18(3)30-24)29-17(2)19-5-4-6-20(9-19)22-12-27-15-28-13-22/h4-15,17H,1-3H3,(H,29,30,31)/t17-/m1/s1. The maximum atomic E-state index is 5.58. The van der Waals surface area contributed by atoms with Crippen molar-refractivity contribution in [1.29, 1.82) is 0 Å². The fourth-order valence-corrected chi connectivity index (χ4v) is 3.85. The van der Waals surface area contributed by atoms with Crippen LogP contribution in [-0.4, -0.2) is 19.9 Å². The Labute approximate surface area is 186 Å². The highest BCUT2D eigenvalue weighted by molar-refractivity contribution is 5.85. The van der Waals surface area contributed by atoms with Gasteiger partial charge >= 0.3 is 0 Å². The van der Waals surface area contributed by atoms with Gasteiger partial charge in [0.1, 0.15) is 23.6 Å². The molecule has 5 aromatic rings. The summed E-state index contributed by atoms with van der Waals surface area (Å²) in [6, 6.07) is 16.6. The van der Waals surface area contributed by atoms with E-state index in [1.165, 1.54) is 6.33 Å². The molecule has 0 aliphatic rings. The monoisotopic (exact) mass is 421 g/mol. The quantitative estimate of drug-likeness (QED) is 0.367. The minimum atomic E-state index is 0.0559. The topological polar surface area (TPSA) is 76.7 Å². The second kappa shape index (κ2) is 8.23. The lowest BCUT2D eigenvalue weighted by Crippen LogP contribution is -2.09. The van der Waals surface area contributed by atoms with Gasteiger partial charge in [-0.15, -0.1) is 0 Å². The van der Waals surface area contributed by atoms with Crippen molar-refractivity contribution in [3.05, 3.63) is 90.5 Å². The molecule has 6 nitrogen and oxygen atoms in total. The van der Waals surface area contributed by atoms with Crippen LogP contribution in [-0.2, 0) is 0 Å². The van der Waals surface area contributed by atoms with Crippen LogP contribution in [0.4, 0.5) is 5.82 Å². The first kappa shape index (κ1) is 19.9. The highest BCUT2D eigenvalue weighted by Crippen LogP contribution is 2.29. The van der Waals surface area contributed by atoms with Crippen LogP contribution in [0.15, 0.2) is 77.9 Å². The van der Waals surface area contributed by atoms with E-state index in [4.69, 9.17) is 4.42 Å². The molecule has 0 spiro atoms. The van der Waals surface area contributed by atoms with Crippen molar-refractivity contribution in [2.75, 3.05) is 5.32 Å². The SMILES string of the molecule is Cc1nc(N[C@H](C)c2cccc(-c3cncnc3)c2)cc(-c2ccc3occ(C)c3c2)n1. The molecule has 0 unspecified atom stereocenters. The van der Waals surface area contributed by atoms with Gasteiger partial charge in [-0.05, 0) is 61.7 Å². The summed E-state index contributed by atoms with van der Waals surface area (Å²) in [6.45, 7) is 6.08. The van der Waals surface area contributed by atoms with Gasteiger partial charge in [-0.2, -0.15) is 0 Å². The number of nitrogens with zero attached hydrogens (tertiary/aromatic N) is 4. The van der Waals surface area contributed by atoms with Crippen molar-refractivity contribution in [1.82, 2.24) is 19.9 Å². The van der Waals surface area contributed by atoms with E-state index in [9.17, 15) is 0 Å². The summed E-state index contributed by atoms with van der Waals surface area (Å²) in [5.41, 5.74) is 7.14. The average molecular weight is 422 g/mol. The first-order chi connectivity index (χ1) is 15.6. The molecule has 1 atom stereocenters. The molecule has 0 saturated heterocycles. The zero-order valence-electron chi connectivity index (χ0n) is 18.2. The molecule has 0 aliphatic heterocycles. The molecule has 6 heteroatoms. The second-order valence-corrected chi connectivity index (χ2v) is 7.93. The first-order valence-electron chi connectivity index (χ1n) is 10.5. The van der Waals surface area contributed by atoms with Crippen LogP contribution in [0.5, 0.6) is 0 Å². The van der Waals surface area contributed by atoms with Crippen molar-refractivity contribution < 1.29 is 4.42 Å². The molecule has 0 fully saturated rings. The number of benzene rings is 2. The predicted molar refractivity (Wildman–Crippen MR) is 126 cm³/mol. The van der Waals surface area contributed by atoms with E-state index in [1.807, 2.05) is 44.4 Å². The van der Waals surface area contributed by atoms with Crippen LogP contribution in [0.25, 0.3) is 33.4 Å². The lowest BCUT2D eigenvalue weighted by atomic mass is 10.0. The Morgan fingerprint density at radius 2 is 1.72 bits per heavy atom. The molecule has 0 aliphatic carbocycles. The van der Waals surface area contributed by atoms with Crippen molar-refractivity contribution in [2.24, 2.45) is 0 Å². The number of nitrogens with one attached hydrogen (secondary N) is 1. The average Bonchev–Trinajstić information content (AvgIpc) is 3.19. The summed E-state index contributed by atoms with van der Waals surface area (Å²) in [6.07, 6.45) is 6.97. The van der Waals surface area contributed by atoms with Crippen LogP contribution in [0.2, 0.25) is 0 Å². The van der Waals surface area contributed by atoms with Crippen LogP contribution >= 0.6 is 0 Å². The number of hydrogen-bond donors (Lipinski definition) is 1. The number of aromatic nitrogens is 4. The van der Waals surface area contributed by atoms with Crippen LogP contribution in [0, 0.1) is 13.8 Å². The number of anilines is 1. The van der Waals surface area contributed by atoms with Crippen LogP contribution < -0.4 is 5.32 Å². The zero-order valence-corrected chi connectivity index (χ0v) is 18.2. The van der Waals surface area contributed by atoms with Gasteiger partial charge < -0.3 is 9.73 Å². The molecule has 5 rings (SSSR count). The Morgan fingerprint density at radius 3 is 2.56 bits per heavy atom. The maximum Gasteiger partial charge on any atom is 0.134 e. The number of furan rings is 1. The summed E-state index contributed by atoms with van der Waals surface area (Å²) < 4.78 is 5.58. The smallest absolute Gasteiger partial charge is 0.134 e. The predicted octanol–water partition coefficient (Wildman–Crippen LogP) is 6.14. The Balaban J connectivity index is 1.43. The Kier molecular flexibility index (Phi) is 5.11. The van der Waals surface area contributed by atoms with Crippen molar-refractivity contribution in [3.8, 4) is 22.4 Å². The third-order valence-corrected chi connectivity index (χ3v) is 5.55. The summed E-state index contributed by atoms with van der Waals surface area (Å²) in [7, 11) is 0. The van der Waals surface area contributed by atoms with Gasteiger partial charge in [0.15, 0.2) is 0 Å². The molecule has 0 saturated carbocycles. The summed E-state index contributed by atoms with van der Waals surface area (Å²) in [4.78, 5) is 17.5. The lowest BCUT2D eigenvalue weighted by molar-refractivity contribution is 0.613. The molecule has 3 aromatic heterocycles. The van der Waals surface area contributed by atoms with Gasteiger partial charge in [-0.25, -0.2) is 19.9 Å². The molecule has 2 aromatic carbocycles. The van der Waals surface area contributed by atoms with Crippen LogP contribution in [0.3, 0.4) is 0 Å². The number of fused-ring (bicyclic) bond motifs is 1. The minimum absolute atomic E-state index is 0.0559. The molecule has 1 N–H and O–H groups in total. The third-order valence-electron chi connectivity index (χ3n) is 5.55. The highest BCUT2D eigenvalue weighted by atomic mass is 16.3. The number of aryl methyl sites for hydroxylation is 2. The zero-order chi connectivity index (χ0) is 22.1. The van der Waals surface area contributed by atoms with E-state index in [0.717, 1.165) is 56.1 Å². The third kappa shape index (κ3) is 3.95. The number of hydrogen-bond acceptors (Lipinski definition) is 6. The summed E-state index contributed by atoms with van der Waals surface area (Å²) >= 11 is 0. The molecule has 3 heterocycles. The van der Waals surface area contributed by atoms with E-state index in [2.05, 4.69) is 62.5 Å². The van der Waals surface area contributed by atoms with Gasteiger partial charge in [-0.1, -0.05) is 18.2 Å². The van der Waals surface area contributed by atoms with E-state index in [-0.39, 0.29) is 6.04 Å². The first-order valence-corrected chi connectivity index (χ1v) is 10.5. The molecule has 0 bridgehead atoms. The van der Waals surface area contributed by atoms with Crippen molar-refractivity contribution in [3.63, 3.8) is 0 Å². The lowest BCUT2D eigenvalue weighted by Gasteiger charge is -2.17. The normalized spacial score (nSPS) is 12.1. The van der Waals surface area contributed by atoms with Gasteiger partial charge in [0, 0.05) is 41.0 Å². The molecule has 158 valence electrons. The fraction of sp³-hybridized carbons (Fsp3) is 0.154. The number of rotatable bonds is 5. The Morgan fingerprint density at radius 1 is 0.875 bits per heavy atom. The van der Waals surface area contributed by atoms with Gasteiger partial charge in [-0.3, -0.25) is 0 Å². The Bertz CT molecular complexity index is 1390. The van der Waals surface area contributed by atoms with Crippen LogP contribution in [0.1, 0.15) is 29.9 Å². The van der Waals surface area contributed by atoms with Gasteiger partial charge in [0.2, 0.25) is 0 Å². The fourth-order valence-electron chi connectivity index (χ4n) is 3.85. The molecular weight excluding hydrogens is 398 g/mol. The largest absolute Gasteiger partial charge is 0.464 e. The molecule has 32 heavy (non-hydrogen) atoms. The van der Waals surface area contributed by atoms with E-state index in [1.54, 1.807) is 6.26 Å². The van der Waals surface area contributed by atoms with E-state index < -0.39 is 0 Å². The van der Waals surface area contributed by atoms with Gasteiger partial charge in [0.05, 0.1) is 12.0 Å². The summed E-state index contributed by atoms with van der Waals surface area (Å²) in [5, 5.41) is 4.63. The maximum absolute atomic E-state index is 5.58. The van der Waals surface area contributed by atoms with E-state index >= 15 is 0 Å². The van der Waals surface area contributed by atoms with Gasteiger partial charge in [0.25, 0.3) is 0 Å². The second-order valence-electron chi connectivity index (χ2n) is 7.93.